The molecule has 0 fully saturated rings. The van der Waals surface area contributed by atoms with E-state index >= 15 is 0 Å². The van der Waals surface area contributed by atoms with Gasteiger partial charge in [0.15, 0.2) is 0 Å². The number of rotatable bonds is 16. The second kappa shape index (κ2) is 29.5. The van der Waals surface area contributed by atoms with Crippen molar-refractivity contribution in [3.8, 4) is 5.75 Å². The van der Waals surface area contributed by atoms with Crippen molar-refractivity contribution in [2.24, 2.45) is 11.5 Å². The molecule has 0 aliphatic heterocycles. The number of nitrogens with one attached hydrogen (secondary N) is 4. The minimum Gasteiger partial charge on any atom is -0.508 e. The van der Waals surface area contributed by atoms with Crippen LogP contribution in [0.15, 0.2) is 36.4 Å². The molecule has 0 bridgehead atoms. The number of amides is 5. The summed E-state index contributed by atoms with van der Waals surface area (Å²) in [4.78, 5) is 62.9. The van der Waals surface area contributed by atoms with Gasteiger partial charge in [-0.15, -0.1) is 0 Å². The normalized spacial score (nSPS) is 13.4. The number of aliphatic hydroxyl groups excluding tert-OH is 1. The van der Waals surface area contributed by atoms with Crippen molar-refractivity contribution < 1.29 is 34.2 Å². The lowest BCUT2D eigenvalue weighted by atomic mass is 9.94. The lowest BCUT2D eigenvalue weighted by Crippen LogP contribution is -2.62. The van der Waals surface area contributed by atoms with Crippen molar-refractivity contribution in [2.45, 2.75) is 124 Å². The zero-order valence-electron chi connectivity index (χ0n) is 35.6. The highest BCUT2D eigenvalue weighted by atomic mass is 32.2. The van der Waals surface area contributed by atoms with Crippen molar-refractivity contribution in [3.63, 3.8) is 0 Å². The maximum absolute atomic E-state index is 13.4. The zero-order chi connectivity index (χ0) is 43.6. The molecule has 10 N–H and O–H groups in total. The molecule has 0 saturated carbocycles. The van der Waals surface area contributed by atoms with E-state index in [9.17, 15) is 34.2 Å². The molecule has 3 unspecified atom stereocenters. The van der Waals surface area contributed by atoms with Gasteiger partial charge in [-0.1, -0.05) is 79.7 Å². The number of fused-ring (bicyclic) bond motifs is 1. The van der Waals surface area contributed by atoms with Gasteiger partial charge in [-0.3, -0.25) is 24.0 Å². The average Bonchev–Trinajstić information content (AvgIpc) is 3.54. The van der Waals surface area contributed by atoms with Gasteiger partial charge in [0.1, 0.15) is 17.3 Å². The molecule has 0 saturated heterocycles. The first-order valence-electron chi connectivity index (χ1n) is 19.3. The van der Waals surface area contributed by atoms with E-state index in [-0.39, 0.29) is 25.0 Å². The highest BCUT2D eigenvalue weighted by Crippen LogP contribution is 2.30. The summed E-state index contributed by atoms with van der Waals surface area (Å²) < 4.78 is 0. The van der Waals surface area contributed by atoms with Gasteiger partial charge in [-0.25, -0.2) is 0 Å². The molecule has 318 valence electrons. The Morgan fingerprint density at radius 3 is 1.79 bits per heavy atom. The average molecular weight is 823 g/mol. The van der Waals surface area contributed by atoms with E-state index in [1.54, 1.807) is 38.1 Å². The van der Waals surface area contributed by atoms with Crippen LogP contribution in [-0.4, -0.2) is 99.6 Å². The van der Waals surface area contributed by atoms with Crippen LogP contribution < -0.4 is 32.7 Å². The number of aryl methyl sites for hydroxylation is 2. The summed E-state index contributed by atoms with van der Waals surface area (Å²) in [6.07, 6.45) is 1.40. The van der Waals surface area contributed by atoms with Crippen molar-refractivity contribution in [2.75, 3.05) is 30.9 Å². The Bertz CT molecular complexity index is 1460. The van der Waals surface area contributed by atoms with Crippen molar-refractivity contribution in [1.29, 1.82) is 0 Å². The molecule has 0 heterocycles. The Balaban J connectivity index is 0. The maximum Gasteiger partial charge on any atom is 0.246 e. The molecule has 1 aliphatic rings. The predicted molar refractivity (Wildman–Crippen MR) is 233 cm³/mol. The fourth-order valence-electron chi connectivity index (χ4n) is 5.49. The third-order valence-corrected chi connectivity index (χ3v) is 10.0. The van der Waals surface area contributed by atoms with E-state index < -0.39 is 66.4 Å². The Morgan fingerprint density at radius 2 is 1.34 bits per heavy atom. The van der Waals surface area contributed by atoms with Gasteiger partial charge in [0.25, 0.3) is 0 Å². The molecule has 1 aliphatic carbocycles. The van der Waals surface area contributed by atoms with Gasteiger partial charge in [0, 0.05) is 24.3 Å². The summed E-state index contributed by atoms with van der Waals surface area (Å²) in [5.41, 5.74) is 13.9. The molecule has 3 atom stereocenters. The molecule has 2 aromatic carbocycles. The summed E-state index contributed by atoms with van der Waals surface area (Å²) in [5.74, 6) is -0.823. The standard InChI is InChI=1S/C29H38N6O7.C6H14S2.3C2H6/c1-15-8-20(37)9-16(2)21(15)10-22(30)27(41)32-14-24(39)35-29(11-18-6-4-5-7-19(18)12-29)28(42)33-13-23(38)34-25(17(3)36)26(31)40;1-6(2)8-5-4-7-3;3*1-2/h4-9,17,22,25,36-37H,10-14,30H2,1-3H3,(H2,31,40)(H,32,41)(H,33,42)(H,34,38)(H,35,39);6H,4-5H2,1-3H3;3*1-2H3. The van der Waals surface area contributed by atoms with Gasteiger partial charge < -0.3 is 42.9 Å². The Hall–Kier alpha value is -3.79. The van der Waals surface area contributed by atoms with Crippen LogP contribution in [0.4, 0.5) is 0 Å². The number of primary amides is 1. The predicted octanol–water partition coefficient (Wildman–Crippen LogP) is 3.69. The molecule has 2 aromatic rings. The number of aromatic hydroxyl groups is 1. The van der Waals surface area contributed by atoms with Crippen LogP contribution in [0.3, 0.4) is 0 Å². The summed E-state index contributed by atoms with van der Waals surface area (Å²) in [6.45, 7) is 20.4. The minimum absolute atomic E-state index is 0.116. The zero-order valence-corrected chi connectivity index (χ0v) is 37.3. The number of hydrogen-bond donors (Lipinski definition) is 8. The van der Waals surface area contributed by atoms with Crippen LogP contribution in [0.25, 0.3) is 0 Å². The van der Waals surface area contributed by atoms with Crippen LogP contribution in [-0.2, 0) is 43.2 Å². The molecule has 5 amide bonds. The smallest absolute Gasteiger partial charge is 0.246 e. The van der Waals surface area contributed by atoms with Gasteiger partial charge in [-0.2, -0.15) is 23.5 Å². The lowest BCUT2D eigenvalue weighted by molar-refractivity contribution is -0.135. The molecule has 15 heteroatoms. The van der Waals surface area contributed by atoms with Gasteiger partial charge in [0.05, 0.1) is 25.2 Å². The van der Waals surface area contributed by atoms with Crippen molar-refractivity contribution >= 4 is 53.1 Å². The first-order chi connectivity index (χ1) is 26.5. The van der Waals surface area contributed by atoms with E-state index in [0.29, 0.717) is 0 Å². The highest BCUT2D eigenvalue weighted by molar-refractivity contribution is 8.02. The van der Waals surface area contributed by atoms with E-state index in [0.717, 1.165) is 33.1 Å². The van der Waals surface area contributed by atoms with Crippen molar-refractivity contribution in [3.05, 3.63) is 64.2 Å². The molecule has 0 radical (unpaired) electrons. The van der Waals surface area contributed by atoms with Crippen LogP contribution >= 0.6 is 23.5 Å². The Kier molecular flexibility index (Phi) is 28.6. The number of carbonyl (C=O) groups is 5. The summed E-state index contributed by atoms with van der Waals surface area (Å²) in [7, 11) is 0. The monoisotopic (exact) mass is 822 g/mol. The first-order valence-corrected chi connectivity index (χ1v) is 21.8. The second-order valence-electron chi connectivity index (χ2n) is 12.6. The number of phenols is 1. The molecular formula is C41H70N6O7S2. The van der Waals surface area contributed by atoms with E-state index in [1.165, 1.54) is 18.4 Å². The summed E-state index contributed by atoms with van der Waals surface area (Å²) in [6, 6.07) is 8.14. The van der Waals surface area contributed by atoms with E-state index in [2.05, 4.69) is 41.4 Å². The fraction of sp³-hybridized carbons (Fsp3) is 0.585. The SMILES string of the molecule is CC.CC.CC.CSCCSC(C)C.Cc1cc(O)cc(C)c1CC(N)C(=O)NCC(=O)NC1(C(=O)NCC(=O)NC(C(N)=O)C(C)O)Cc2ccccc2C1. The van der Waals surface area contributed by atoms with Crippen LogP contribution in [0.5, 0.6) is 5.75 Å². The second-order valence-corrected chi connectivity index (χ2v) is 15.3. The van der Waals surface area contributed by atoms with Crippen LogP contribution in [0.1, 0.15) is 90.1 Å². The van der Waals surface area contributed by atoms with Gasteiger partial charge in [-0.05, 0) is 78.6 Å². The van der Waals surface area contributed by atoms with Crippen LogP contribution in [0, 0.1) is 13.8 Å². The summed E-state index contributed by atoms with van der Waals surface area (Å²) >= 11 is 3.96. The van der Waals surface area contributed by atoms with Gasteiger partial charge >= 0.3 is 0 Å². The topological polar surface area (TPSA) is 226 Å². The third kappa shape index (κ3) is 19.4. The van der Waals surface area contributed by atoms with E-state index in [4.69, 9.17) is 11.5 Å². The maximum atomic E-state index is 13.4. The molecule has 3 rings (SSSR count). The largest absolute Gasteiger partial charge is 0.508 e. The number of hydrogen-bond acceptors (Lipinski definition) is 10. The fourth-order valence-corrected chi connectivity index (χ4v) is 7.01. The van der Waals surface area contributed by atoms with Crippen LogP contribution in [0.2, 0.25) is 0 Å². The van der Waals surface area contributed by atoms with E-state index in [1.807, 2.05) is 77.2 Å². The number of thioether (sulfide) groups is 2. The Labute approximate surface area is 344 Å². The third-order valence-electron chi connectivity index (χ3n) is 8.03. The molecule has 56 heavy (non-hydrogen) atoms. The van der Waals surface area contributed by atoms with Gasteiger partial charge in [0.2, 0.25) is 29.5 Å². The number of carbonyl (C=O) groups excluding carboxylic acids is 5. The molecular weight excluding hydrogens is 753 g/mol. The minimum atomic E-state index is -1.44. The number of benzene rings is 2. The Morgan fingerprint density at radius 1 is 0.839 bits per heavy atom. The molecule has 0 spiro atoms. The summed E-state index contributed by atoms with van der Waals surface area (Å²) in [5, 5.41) is 30.2. The quantitative estimate of drug-likeness (QED) is 0.115. The van der Waals surface area contributed by atoms with Crippen molar-refractivity contribution in [1.82, 2.24) is 21.3 Å². The number of nitrogens with two attached hydrogens (primary N) is 2. The highest BCUT2D eigenvalue weighted by Gasteiger charge is 2.45. The lowest BCUT2D eigenvalue weighted by Gasteiger charge is -2.29. The molecule has 0 aromatic heterocycles. The number of phenolic OH excluding ortho intramolecular Hbond substituents is 1. The number of aliphatic hydroxyl groups is 1. The first kappa shape index (κ1) is 54.3. The molecule has 13 nitrogen and oxygen atoms in total.